The van der Waals surface area contributed by atoms with Crippen LogP contribution < -0.4 is 20.9 Å². The third kappa shape index (κ3) is 5.18. The molecule has 1 saturated heterocycles. The lowest BCUT2D eigenvalue weighted by Crippen LogP contribution is -2.46. The number of hydroxylamine groups is 1. The molecule has 0 aromatic heterocycles. The van der Waals surface area contributed by atoms with Gasteiger partial charge in [-0.1, -0.05) is 25.4 Å². The Morgan fingerprint density at radius 1 is 1.34 bits per heavy atom. The van der Waals surface area contributed by atoms with Gasteiger partial charge in [-0.15, -0.1) is 0 Å². The molecule has 5 rings (SSSR count). The molecule has 1 aliphatic heterocycles. The van der Waals surface area contributed by atoms with E-state index in [0.717, 1.165) is 31.7 Å². The molecule has 3 saturated carbocycles. The molecule has 0 radical (unpaired) electrons. The Balaban J connectivity index is 1.18. The fourth-order valence-corrected chi connectivity index (χ4v) is 5.35. The lowest BCUT2D eigenvalue weighted by atomic mass is 9.69. The van der Waals surface area contributed by atoms with Crippen LogP contribution in [0.25, 0.3) is 0 Å². The van der Waals surface area contributed by atoms with Crippen LogP contribution in [0.4, 0.5) is 4.39 Å². The van der Waals surface area contributed by atoms with Crippen molar-refractivity contribution in [1.29, 1.82) is 0 Å². The van der Waals surface area contributed by atoms with Crippen molar-refractivity contribution in [2.75, 3.05) is 13.2 Å². The van der Waals surface area contributed by atoms with Crippen LogP contribution in [0.5, 0.6) is 5.75 Å². The van der Waals surface area contributed by atoms with Gasteiger partial charge in [0.1, 0.15) is 11.6 Å². The summed E-state index contributed by atoms with van der Waals surface area (Å²) < 4.78 is 18.8. The Morgan fingerprint density at radius 3 is 2.84 bits per heavy atom. The molecule has 1 aromatic rings. The monoisotopic (exact) mass is 467 g/mol. The quantitative estimate of drug-likeness (QED) is 0.519. The van der Waals surface area contributed by atoms with E-state index in [0.29, 0.717) is 30.8 Å². The number of rotatable bonds is 9. The molecular formula is C23H31ClFN3O4. The van der Waals surface area contributed by atoms with Crippen LogP contribution in [0.1, 0.15) is 46.0 Å². The number of amides is 2. The summed E-state index contributed by atoms with van der Waals surface area (Å²) >= 11 is 5.65. The van der Waals surface area contributed by atoms with Crippen molar-refractivity contribution in [3.63, 3.8) is 0 Å². The molecular weight excluding hydrogens is 437 g/mol. The van der Waals surface area contributed by atoms with Crippen molar-refractivity contribution in [2.45, 2.75) is 64.1 Å². The number of fused-ring (bicyclic) bond motifs is 1. The highest BCUT2D eigenvalue weighted by Gasteiger charge is 2.60. The summed E-state index contributed by atoms with van der Waals surface area (Å²) in [6, 6.07) is 4.34. The Kier molecular flexibility index (Phi) is 6.93. The smallest absolute Gasteiger partial charge is 0.258 e. The van der Waals surface area contributed by atoms with Crippen molar-refractivity contribution >= 4 is 23.4 Å². The molecule has 7 nitrogen and oxygen atoms in total. The van der Waals surface area contributed by atoms with Crippen LogP contribution >= 0.6 is 11.6 Å². The maximum atomic E-state index is 13.5. The fourth-order valence-electron chi connectivity index (χ4n) is 5.23. The number of hydrogen-bond acceptors (Lipinski definition) is 5. The van der Waals surface area contributed by atoms with Gasteiger partial charge in [-0.05, 0) is 56.1 Å². The third-order valence-electron chi connectivity index (χ3n) is 6.77. The second-order valence-electron chi connectivity index (χ2n) is 9.82. The van der Waals surface area contributed by atoms with E-state index in [1.807, 2.05) is 0 Å². The number of carbonyl (C=O) groups is 2. The third-order valence-corrected chi connectivity index (χ3v) is 7.08. The van der Waals surface area contributed by atoms with Gasteiger partial charge in [0.05, 0.1) is 16.5 Å². The average molecular weight is 468 g/mol. The van der Waals surface area contributed by atoms with E-state index in [1.165, 1.54) is 12.1 Å². The second kappa shape index (κ2) is 9.53. The number of carbonyl (C=O) groups excluding carboxylic acids is 2. The summed E-state index contributed by atoms with van der Waals surface area (Å²) in [5.41, 5.74) is 2.67. The molecule has 4 fully saturated rings. The van der Waals surface area contributed by atoms with Crippen molar-refractivity contribution in [2.24, 2.45) is 17.3 Å². The molecule has 9 heteroatoms. The maximum Gasteiger partial charge on any atom is 0.258 e. The highest BCUT2D eigenvalue weighted by atomic mass is 35.5. The molecule has 176 valence electrons. The number of nitrogens with one attached hydrogen (secondary N) is 3. The summed E-state index contributed by atoms with van der Waals surface area (Å²) in [6.45, 7) is 4.64. The maximum absolute atomic E-state index is 13.5. The zero-order valence-electron chi connectivity index (χ0n) is 18.5. The summed E-state index contributed by atoms with van der Waals surface area (Å²) in [5.74, 6) is 0.316. The normalized spacial score (nSPS) is 30.8. The summed E-state index contributed by atoms with van der Waals surface area (Å²) in [5, 5.41) is 6.03. The number of benzene rings is 1. The van der Waals surface area contributed by atoms with E-state index in [1.54, 1.807) is 0 Å². The molecule has 3 atom stereocenters. The molecule has 2 bridgehead atoms. The zero-order chi connectivity index (χ0) is 22.9. The Bertz CT molecular complexity index is 862. The van der Waals surface area contributed by atoms with Gasteiger partial charge in [0.15, 0.2) is 6.61 Å². The van der Waals surface area contributed by atoms with Gasteiger partial charge in [0.2, 0.25) is 5.91 Å². The topological polar surface area (TPSA) is 88.7 Å². The first-order valence-electron chi connectivity index (χ1n) is 11.3. The Labute approximate surface area is 192 Å². The van der Waals surface area contributed by atoms with Gasteiger partial charge in [-0.3, -0.25) is 14.4 Å². The van der Waals surface area contributed by atoms with Gasteiger partial charge >= 0.3 is 0 Å². The Hall–Kier alpha value is -1.90. The Morgan fingerprint density at radius 2 is 2.12 bits per heavy atom. The van der Waals surface area contributed by atoms with Gasteiger partial charge in [0.25, 0.3) is 5.91 Å². The lowest BCUT2D eigenvalue weighted by Gasteiger charge is -2.37. The van der Waals surface area contributed by atoms with E-state index in [2.05, 4.69) is 30.0 Å². The first-order chi connectivity index (χ1) is 15.2. The SMILES string of the molecule is CC(C)CC1CC(CNC(=O)C23CC(C2)[C@@H](NC(=O)COc2ccc(Cl)c(F)c2)C3)ON1. The van der Waals surface area contributed by atoms with Gasteiger partial charge in [-0.25, -0.2) is 4.39 Å². The van der Waals surface area contributed by atoms with Crippen molar-refractivity contribution in [1.82, 2.24) is 16.1 Å². The van der Waals surface area contributed by atoms with E-state index >= 15 is 0 Å². The minimum Gasteiger partial charge on any atom is -0.484 e. The lowest BCUT2D eigenvalue weighted by molar-refractivity contribution is -0.135. The average Bonchev–Trinajstić information content (AvgIpc) is 3.39. The van der Waals surface area contributed by atoms with E-state index < -0.39 is 11.2 Å². The minimum atomic E-state index is -0.594. The molecule has 0 spiro atoms. The molecule has 2 unspecified atom stereocenters. The molecule has 2 amide bonds. The molecule has 32 heavy (non-hydrogen) atoms. The van der Waals surface area contributed by atoms with Gasteiger partial charge in [0, 0.05) is 24.7 Å². The van der Waals surface area contributed by atoms with E-state index in [4.69, 9.17) is 21.2 Å². The minimum absolute atomic E-state index is 0.00207. The van der Waals surface area contributed by atoms with Crippen LogP contribution in [0.3, 0.4) is 0 Å². The van der Waals surface area contributed by atoms with Crippen LogP contribution in [0, 0.1) is 23.1 Å². The van der Waals surface area contributed by atoms with Crippen molar-refractivity contribution in [3.05, 3.63) is 29.0 Å². The zero-order valence-corrected chi connectivity index (χ0v) is 19.2. The fraction of sp³-hybridized carbons (Fsp3) is 0.652. The molecule has 4 aliphatic rings. The summed E-state index contributed by atoms with van der Waals surface area (Å²) in [4.78, 5) is 30.8. The van der Waals surface area contributed by atoms with Crippen molar-refractivity contribution in [3.8, 4) is 5.75 Å². The van der Waals surface area contributed by atoms with Crippen LogP contribution in [0.15, 0.2) is 18.2 Å². The summed E-state index contributed by atoms with van der Waals surface area (Å²) in [6.07, 6.45) is 4.13. The van der Waals surface area contributed by atoms with Crippen LogP contribution in [0.2, 0.25) is 5.02 Å². The van der Waals surface area contributed by atoms with Gasteiger partial charge < -0.3 is 15.4 Å². The number of hydrogen-bond donors (Lipinski definition) is 3. The standard InChI is InChI=1S/C23H31ClFN3O4/c1-13(2)5-15-6-17(32-28-15)11-26-22(30)23-8-14(9-23)20(10-23)27-21(29)12-31-16-3-4-18(24)19(25)7-16/h3-4,7,13-15,17,20,28H,5-6,8-12H2,1-2H3,(H,26,30)(H,27,29)/t14?,15?,17?,20-,23?/m0/s1. The summed E-state index contributed by atoms with van der Waals surface area (Å²) in [7, 11) is 0. The molecule has 1 aromatic carbocycles. The number of ether oxygens (including phenoxy) is 1. The molecule has 1 heterocycles. The van der Waals surface area contributed by atoms with E-state index in [-0.39, 0.29) is 41.3 Å². The molecule has 3 aliphatic carbocycles. The van der Waals surface area contributed by atoms with Gasteiger partial charge in [-0.2, -0.15) is 5.48 Å². The second-order valence-corrected chi connectivity index (χ2v) is 10.2. The van der Waals surface area contributed by atoms with Crippen molar-refractivity contribution < 1.29 is 23.6 Å². The predicted molar refractivity (Wildman–Crippen MR) is 117 cm³/mol. The highest BCUT2D eigenvalue weighted by molar-refractivity contribution is 6.30. The van der Waals surface area contributed by atoms with Crippen LogP contribution in [-0.4, -0.2) is 43.2 Å². The number of halogens is 2. The first kappa shape index (κ1) is 23.3. The first-order valence-corrected chi connectivity index (χ1v) is 11.7. The van der Waals surface area contributed by atoms with E-state index in [9.17, 15) is 14.0 Å². The largest absolute Gasteiger partial charge is 0.484 e. The predicted octanol–water partition coefficient (Wildman–Crippen LogP) is 2.97. The highest BCUT2D eigenvalue weighted by Crippen LogP contribution is 2.58. The molecule has 3 N–H and O–H groups in total. The van der Waals surface area contributed by atoms with Crippen LogP contribution in [-0.2, 0) is 14.4 Å².